The van der Waals surface area contributed by atoms with Gasteiger partial charge in [-0.3, -0.25) is 10.2 Å². The zero-order chi connectivity index (χ0) is 15.5. The molecule has 0 aromatic rings. The first kappa shape index (κ1) is 16.0. The van der Waals surface area contributed by atoms with Crippen LogP contribution in [0.2, 0.25) is 0 Å². The summed E-state index contributed by atoms with van der Waals surface area (Å²) in [6.07, 6.45) is 6.34. The molecule has 1 fully saturated rings. The van der Waals surface area contributed by atoms with E-state index in [4.69, 9.17) is 5.41 Å². The topological polar surface area (TPSA) is 85.2 Å². The Bertz CT molecular complexity index is 450. The van der Waals surface area contributed by atoms with Crippen LogP contribution in [0.1, 0.15) is 51.9 Å². The normalized spacial score (nSPS) is 24.8. The molecular weight excluding hydrogens is 266 g/mol. The number of aliphatic hydroxyl groups excluding tert-OH is 1. The van der Waals surface area contributed by atoms with Crippen molar-refractivity contribution >= 4 is 11.6 Å². The molecular formula is C16H27N3O2. The molecule has 118 valence electrons. The predicted molar refractivity (Wildman–Crippen MR) is 83.3 cm³/mol. The van der Waals surface area contributed by atoms with E-state index in [1.54, 1.807) is 0 Å². The lowest BCUT2D eigenvalue weighted by molar-refractivity contribution is -0.117. The van der Waals surface area contributed by atoms with E-state index >= 15 is 0 Å². The summed E-state index contributed by atoms with van der Waals surface area (Å²) in [5, 5.41) is 23.9. The third-order valence-electron chi connectivity index (χ3n) is 4.88. The van der Waals surface area contributed by atoms with Crippen molar-refractivity contribution in [2.45, 2.75) is 57.4 Å². The molecule has 2 rings (SSSR count). The van der Waals surface area contributed by atoms with E-state index in [9.17, 15) is 9.90 Å². The number of amides is 1. The van der Waals surface area contributed by atoms with E-state index < -0.39 is 5.54 Å². The van der Waals surface area contributed by atoms with Gasteiger partial charge >= 0.3 is 0 Å². The van der Waals surface area contributed by atoms with Crippen molar-refractivity contribution in [3.63, 3.8) is 0 Å². The fourth-order valence-corrected chi connectivity index (χ4v) is 3.46. The Kier molecular flexibility index (Phi) is 5.04. The molecule has 2 aliphatic carbocycles. The highest BCUT2D eigenvalue weighted by Crippen LogP contribution is 2.31. The highest BCUT2D eigenvalue weighted by molar-refractivity contribution is 6.44. The van der Waals surface area contributed by atoms with Crippen LogP contribution in [0, 0.1) is 11.3 Å². The molecule has 4 N–H and O–H groups in total. The molecule has 0 spiro atoms. The summed E-state index contributed by atoms with van der Waals surface area (Å²) >= 11 is 0. The zero-order valence-corrected chi connectivity index (χ0v) is 13.1. The third kappa shape index (κ3) is 3.46. The number of carbonyl (C=O) groups is 1. The van der Waals surface area contributed by atoms with E-state index in [0.29, 0.717) is 5.92 Å². The Morgan fingerprint density at radius 1 is 1.43 bits per heavy atom. The summed E-state index contributed by atoms with van der Waals surface area (Å²) in [5.74, 6) is 0.244. The molecule has 5 nitrogen and oxygen atoms in total. The van der Waals surface area contributed by atoms with Crippen molar-refractivity contribution in [2.75, 3.05) is 13.7 Å². The van der Waals surface area contributed by atoms with Gasteiger partial charge in [-0.15, -0.1) is 0 Å². The Morgan fingerprint density at radius 2 is 2.10 bits per heavy atom. The number of allylic oxidation sites excluding steroid dienone is 1. The lowest BCUT2D eigenvalue weighted by Crippen LogP contribution is -2.51. The van der Waals surface area contributed by atoms with E-state index in [1.807, 2.05) is 7.05 Å². The third-order valence-corrected chi connectivity index (χ3v) is 4.88. The fourth-order valence-electron chi connectivity index (χ4n) is 3.46. The molecule has 1 amide bonds. The molecule has 0 heterocycles. The fraction of sp³-hybridized carbons (Fsp3) is 0.750. The summed E-state index contributed by atoms with van der Waals surface area (Å²) in [6.45, 7) is 2.15. The molecule has 5 heteroatoms. The van der Waals surface area contributed by atoms with Gasteiger partial charge < -0.3 is 15.7 Å². The second-order valence-corrected chi connectivity index (χ2v) is 6.53. The molecule has 0 aliphatic heterocycles. The Hall–Kier alpha value is -1.36. The quantitative estimate of drug-likeness (QED) is 0.582. The van der Waals surface area contributed by atoms with Crippen LogP contribution in [-0.2, 0) is 4.79 Å². The lowest BCUT2D eigenvalue weighted by atomic mass is 9.85. The minimum atomic E-state index is -0.508. The van der Waals surface area contributed by atoms with Crippen LogP contribution in [-0.4, -0.2) is 35.9 Å². The van der Waals surface area contributed by atoms with Crippen LogP contribution in [0.3, 0.4) is 0 Å². The number of hydrogen-bond acceptors (Lipinski definition) is 4. The number of nitrogens with one attached hydrogen (secondary N) is 3. The maximum absolute atomic E-state index is 12.4. The van der Waals surface area contributed by atoms with Gasteiger partial charge in [-0.05, 0) is 38.0 Å². The van der Waals surface area contributed by atoms with E-state index in [2.05, 4.69) is 17.6 Å². The SMILES string of the molecule is CNC1=C(C(=N)C(=O)NC2(CO)CCCC2)CCC(C)C1. The second kappa shape index (κ2) is 6.60. The first-order chi connectivity index (χ1) is 10.0. The van der Waals surface area contributed by atoms with Crippen molar-refractivity contribution in [3.05, 3.63) is 11.3 Å². The molecule has 0 aromatic heterocycles. The number of aliphatic hydroxyl groups is 1. The van der Waals surface area contributed by atoms with Gasteiger partial charge in [-0.2, -0.15) is 0 Å². The summed E-state index contributed by atoms with van der Waals surface area (Å²) in [4.78, 5) is 12.4. The van der Waals surface area contributed by atoms with Gasteiger partial charge in [-0.25, -0.2) is 0 Å². The van der Waals surface area contributed by atoms with Crippen LogP contribution >= 0.6 is 0 Å². The molecule has 21 heavy (non-hydrogen) atoms. The maximum atomic E-state index is 12.4. The maximum Gasteiger partial charge on any atom is 0.270 e. The number of rotatable bonds is 5. The smallest absolute Gasteiger partial charge is 0.270 e. The van der Waals surface area contributed by atoms with Crippen LogP contribution in [0.5, 0.6) is 0 Å². The van der Waals surface area contributed by atoms with Crippen molar-refractivity contribution in [1.82, 2.24) is 10.6 Å². The van der Waals surface area contributed by atoms with Crippen molar-refractivity contribution in [1.29, 1.82) is 5.41 Å². The van der Waals surface area contributed by atoms with Gasteiger partial charge in [0.05, 0.1) is 12.1 Å². The van der Waals surface area contributed by atoms with Crippen molar-refractivity contribution < 1.29 is 9.90 Å². The Labute approximate surface area is 126 Å². The lowest BCUT2D eigenvalue weighted by Gasteiger charge is -2.30. The van der Waals surface area contributed by atoms with Gasteiger partial charge in [0.15, 0.2) is 0 Å². The van der Waals surface area contributed by atoms with Crippen molar-refractivity contribution in [2.24, 2.45) is 5.92 Å². The predicted octanol–water partition coefficient (Wildman–Crippen LogP) is 1.72. The summed E-state index contributed by atoms with van der Waals surface area (Å²) < 4.78 is 0. The van der Waals surface area contributed by atoms with Crippen LogP contribution in [0.25, 0.3) is 0 Å². The molecule has 0 radical (unpaired) electrons. The van der Waals surface area contributed by atoms with Crippen LogP contribution < -0.4 is 10.6 Å². The van der Waals surface area contributed by atoms with Gasteiger partial charge in [0, 0.05) is 18.3 Å². The van der Waals surface area contributed by atoms with Gasteiger partial charge in [0.1, 0.15) is 5.71 Å². The van der Waals surface area contributed by atoms with E-state index in [1.165, 1.54) is 0 Å². The minimum Gasteiger partial charge on any atom is -0.394 e. The average Bonchev–Trinajstić information content (AvgIpc) is 2.95. The van der Waals surface area contributed by atoms with E-state index in [-0.39, 0.29) is 18.2 Å². The van der Waals surface area contributed by atoms with Gasteiger partial charge in [0.2, 0.25) is 0 Å². The number of hydrogen-bond donors (Lipinski definition) is 4. The Balaban J connectivity index is 2.10. The Morgan fingerprint density at radius 3 is 2.67 bits per heavy atom. The highest BCUT2D eigenvalue weighted by atomic mass is 16.3. The standard InChI is InChI=1S/C16H27N3O2/c1-11-5-6-12(13(9-11)18-2)14(17)15(21)19-16(10-20)7-3-4-8-16/h11,17-18,20H,3-10H2,1-2H3,(H,19,21). The second-order valence-electron chi connectivity index (χ2n) is 6.53. The number of carbonyl (C=O) groups excluding carboxylic acids is 1. The minimum absolute atomic E-state index is 0.0407. The summed E-state index contributed by atoms with van der Waals surface area (Å²) in [7, 11) is 1.85. The highest BCUT2D eigenvalue weighted by Gasteiger charge is 2.36. The monoisotopic (exact) mass is 293 g/mol. The van der Waals surface area contributed by atoms with Gasteiger partial charge in [0.25, 0.3) is 5.91 Å². The zero-order valence-electron chi connectivity index (χ0n) is 13.1. The molecule has 2 aliphatic rings. The van der Waals surface area contributed by atoms with Crippen molar-refractivity contribution in [3.8, 4) is 0 Å². The van der Waals surface area contributed by atoms with Crippen LogP contribution in [0.15, 0.2) is 11.3 Å². The first-order valence-electron chi connectivity index (χ1n) is 7.93. The van der Waals surface area contributed by atoms with Crippen LogP contribution in [0.4, 0.5) is 0 Å². The summed E-state index contributed by atoms with van der Waals surface area (Å²) in [6, 6.07) is 0. The summed E-state index contributed by atoms with van der Waals surface area (Å²) in [5.41, 5.74) is 1.40. The average molecular weight is 293 g/mol. The molecule has 0 aromatic carbocycles. The molecule has 1 atom stereocenters. The first-order valence-corrected chi connectivity index (χ1v) is 7.93. The van der Waals surface area contributed by atoms with Gasteiger partial charge in [-0.1, -0.05) is 19.8 Å². The molecule has 1 saturated carbocycles. The molecule has 0 bridgehead atoms. The largest absolute Gasteiger partial charge is 0.394 e. The molecule has 0 saturated heterocycles. The molecule has 1 unspecified atom stereocenters. The van der Waals surface area contributed by atoms with E-state index in [0.717, 1.165) is 56.2 Å².